The van der Waals surface area contributed by atoms with E-state index >= 15 is 0 Å². The van der Waals surface area contributed by atoms with Crippen LogP contribution in [0.5, 0.6) is 0 Å². The summed E-state index contributed by atoms with van der Waals surface area (Å²) in [5.74, 6) is -0.446. The normalized spacial score (nSPS) is 19.1. The van der Waals surface area contributed by atoms with Gasteiger partial charge in [0.25, 0.3) is 0 Å². The van der Waals surface area contributed by atoms with E-state index in [0.29, 0.717) is 16.3 Å². The van der Waals surface area contributed by atoms with Gasteiger partial charge in [0, 0.05) is 24.8 Å². The van der Waals surface area contributed by atoms with Gasteiger partial charge >= 0.3 is 12.0 Å². The van der Waals surface area contributed by atoms with Crippen LogP contribution in [0.25, 0.3) is 0 Å². The molecule has 2 rings (SSSR count). The van der Waals surface area contributed by atoms with E-state index < -0.39 is 12.0 Å². The van der Waals surface area contributed by atoms with Gasteiger partial charge in [0.2, 0.25) is 0 Å². The lowest BCUT2D eigenvalue weighted by molar-refractivity contribution is -0.137. The molecule has 0 saturated heterocycles. The molecular formula is C15H17ClN2O3. The van der Waals surface area contributed by atoms with Crippen LogP contribution in [0.1, 0.15) is 18.5 Å². The Labute approximate surface area is 128 Å². The van der Waals surface area contributed by atoms with Gasteiger partial charge in [-0.15, -0.1) is 0 Å². The molecule has 1 atom stereocenters. The van der Waals surface area contributed by atoms with Crippen LogP contribution in [0.15, 0.2) is 35.5 Å². The number of hydrogen-bond donors (Lipinski definition) is 0. The molecule has 0 spiro atoms. The molecule has 0 saturated carbocycles. The zero-order valence-electron chi connectivity index (χ0n) is 12.4. The van der Waals surface area contributed by atoms with Gasteiger partial charge in [-0.05, 0) is 24.6 Å². The molecule has 1 aliphatic heterocycles. The maximum Gasteiger partial charge on any atom is 0.337 e. The van der Waals surface area contributed by atoms with Gasteiger partial charge in [-0.2, -0.15) is 0 Å². The number of nitrogens with zero attached hydrogens (tertiary/aromatic N) is 2. The number of rotatable bonds is 2. The average molecular weight is 309 g/mol. The van der Waals surface area contributed by atoms with E-state index in [9.17, 15) is 9.59 Å². The van der Waals surface area contributed by atoms with E-state index in [0.717, 1.165) is 5.56 Å². The fourth-order valence-electron chi connectivity index (χ4n) is 2.47. The van der Waals surface area contributed by atoms with Gasteiger partial charge in [-0.1, -0.05) is 23.7 Å². The van der Waals surface area contributed by atoms with Crippen molar-refractivity contribution in [2.45, 2.75) is 13.0 Å². The number of likely N-dealkylation sites (N-methyl/N-ethyl adjacent to an activating group) is 1. The third-order valence-electron chi connectivity index (χ3n) is 3.73. The van der Waals surface area contributed by atoms with Gasteiger partial charge in [-0.25, -0.2) is 9.59 Å². The molecule has 0 radical (unpaired) electrons. The first-order valence-electron chi connectivity index (χ1n) is 6.43. The number of methoxy groups -OCH3 is 1. The molecule has 6 heteroatoms. The Hall–Kier alpha value is -2.01. The summed E-state index contributed by atoms with van der Waals surface area (Å²) in [6.07, 6.45) is 0. The number of hydrogen-bond acceptors (Lipinski definition) is 3. The first-order valence-corrected chi connectivity index (χ1v) is 6.81. The maximum atomic E-state index is 12.3. The van der Waals surface area contributed by atoms with Gasteiger partial charge in [0.15, 0.2) is 0 Å². The summed E-state index contributed by atoms with van der Waals surface area (Å²) in [4.78, 5) is 27.4. The zero-order chi connectivity index (χ0) is 15.7. The van der Waals surface area contributed by atoms with E-state index in [1.54, 1.807) is 45.3 Å². The standard InChI is InChI=1S/C15H17ClN2O3/c1-9-12(14(19)21-4)13(18(3)15(20)17(9)2)10-5-7-11(16)8-6-10/h5-8,13H,1-4H3/t13-/m0/s1. The molecule has 0 N–H and O–H groups in total. The Morgan fingerprint density at radius 3 is 2.33 bits per heavy atom. The lowest BCUT2D eigenvalue weighted by atomic mass is 9.94. The number of allylic oxidation sites excluding steroid dienone is 1. The quantitative estimate of drug-likeness (QED) is 0.789. The molecule has 21 heavy (non-hydrogen) atoms. The summed E-state index contributed by atoms with van der Waals surface area (Å²) in [6, 6.07) is 6.41. The molecule has 1 aromatic carbocycles. The highest BCUT2D eigenvalue weighted by Gasteiger charge is 2.38. The highest BCUT2D eigenvalue weighted by molar-refractivity contribution is 6.30. The number of amides is 2. The lowest BCUT2D eigenvalue weighted by Crippen LogP contribution is -2.47. The van der Waals surface area contributed by atoms with Crippen LogP contribution < -0.4 is 0 Å². The molecule has 0 bridgehead atoms. The van der Waals surface area contributed by atoms with Crippen molar-refractivity contribution in [3.63, 3.8) is 0 Å². The van der Waals surface area contributed by atoms with Crippen LogP contribution in [-0.2, 0) is 9.53 Å². The fraction of sp³-hybridized carbons (Fsp3) is 0.333. The van der Waals surface area contributed by atoms with Crippen LogP contribution in [0.2, 0.25) is 5.02 Å². The Morgan fingerprint density at radius 2 is 1.81 bits per heavy atom. The van der Waals surface area contributed by atoms with E-state index in [4.69, 9.17) is 16.3 Å². The van der Waals surface area contributed by atoms with Crippen molar-refractivity contribution in [1.29, 1.82) is 0 Å². The SMILES string of the molecule is COC(=O)C1=C(C)N(C)C(=O)N(C)[C@H]1c1ccc(Cl)cc1. The Bertz CT molecular complexity index is 610. The number of carbonyl (C=O) groups excluding carboxylic acids is 2. The molecular weight excluding hydrogens is 292 g/mol. The Balaban J connectivity index is 2.60. The molecule has 112 valence electrons. The van der Waals surface area contributed by atoms with Crippen molar-refractivity contribution in [1.82, 2.24) is 9.80 Å². The molecule has 0 aromatic heterocycles. The highest BCUT2D eigenvalue weighted by Crippen LogP contribution is 2.36. The number of halogens is 1. The average Bonchev–Trinajstić information content (AvgIpc) is 2.49. The predicted octanol–water partition coefficient (Wildman–Crippen LogP) is 2.83. The van der Waals surface area contributed by atoms with Crippen molar-refractivity contribution in [2.24, 2.45) is 0 Å². The third kappa shape index (κ3) is 2.61. The summed E-state index contributed by atoms with van der Waals surface area (Å²) in [5, 5.41) is 0.598. The summed E-state index contributed by atoms with van der Waals surface area (Å²) in [7, 11) is 4.63. The molecule has 1 aliphatic rings. The van der Waals surface area contributed by atoms with Crippen molar-refractivity contribution in [3.05, 3.63) is 46.1 Å². The highest BCUT2D eigenvalue weighted by atomic mass is 35.5. The summed E-state index contributed by atoms with van der Waals surface area (Å²) in [6.45, 7) is 1.74. The van der Waals surface area contributed by atoms with Crippen LogP contribution in [0.4, 0.5) is 4.79 Å². The molecule has 5 nitrogen and oxygen atoms in total. The number of benzene rings is 1. The smallest absolute Gasteiger partial charge is 0.337 e. The van der Waals surface area contributed by atoms with Crippen molar-refractivity contribution in [3.8, 4) is 0 Å². The van der Waals surface area contributed by atoms with E-state index in [2.05, 4.69) is 0 Å². The molecule has 1 heterocycles. The second kappa shape index (κ2) is 5.77. The van der Waals surface area contributed by atoms with E-state index in [1.807, 2.05) is 0 Å². The van der Waals surface area contributed by atoms with Crippen LogP contribution in [-0.4, -0.2) is 43.0 Å². The summed E-state index contributed by atoms with van der Waals surface area (Å²) >= 11 is 5.90. The van der Waals surface area contributed by atoms with Crippen LogP contribution in [0.3, 0.4) is 0 Å². The van der Waals surface area contributed by atoms with E-state index in [-0.39, 0.29) is 6.03 Å². The molecule has 2 amide bonds. The molecule has 0 aliphatic carbocycles. The topological polar surface area (TPSA) is 49.9 Å². The Kier molecular flexibility index (Phi) is 4.23. The third-order valence-corrected chi connectivity index (χ3v) is 3.99. The zero-order valence-corrected chi connectivity index (χ0v) is 13.1. The summed E-state index contributed by atoms with van der Waals surface area (Å²) in [5.41, 5.74) is 1.84. The minimum absolute atomic E-state index is 0.180. The maximum absolute atomic E-state index is 12.3. The Morgan fingerprint density at radius 1 is 1.24 bits per heavy atom. The second-order valence-electron chi connectivity index (χ2n) is 4.90. The number of esters is 1. The number of ether oxygens (including phenoxy) is 1. The van der Waals surface area contributed by atoms with Gasteiger partial charge in [-0.3, -0.25) is 0 Å². The minimum Gasteiger partial charge on any atom is -0.466 e. The minimum atomic E-state index is -0.488. The van der Waals surface area contributed by atoms with Crippen molar-refractivity contribution in [2.75, 3.05) is 21.2 Å². The molecule has 0 fully saturated rings. The van der Waals surface area contributed by atoms with Crippen molar-refractivity contribution >= 4 is 23.6 Å². The summed E-state index contributed by atoms with van der Waals surface area (Å²) < 4.78 is 4.88. The van der Waals surface area contributed by atoms with Gasteiger partial charge < -0.3 is 14.5 Å². The fourth-order valence-corrected chi connectivity index (χ4v) is 2.59. The van der Waals surface area contributed by atoms with Crippen LogP contribution >= 0.6 is 11.6 Å². The molecule has 1 aromatic rings. The predicted molar refractivity (Wildman–Crippen MR) is 79.8 cm³/mol. The number of carbonyl (C=O) groups is 2. The van der Waals surface area contributed by atoms with Gasteiger partial charge in [0.1, 0.15) is 0 Å². The monoisotopic (exact) mass is 308 g/mol. The first-order chi connectivity index (χ1) is 9.88. The second-order valence-corrected chi connectivity index (χ2v) is 5.33. The van der Waals surface area contributed by atoms with Gasteiger partial charge in [0.05, 0.1) is 18.7 Å². The molecule has 0 unspecified atom stereocenters. The number of urea groups is 1. The largest absolute Gasteiger partial charge is 0.466 e. The van der Waals surface area contributed by atoms with Crippen molar-refractivity contribution < 1.29 is 14.3 Å². The first kappa shape index (κ1) is 15.4. The van der Waals surface area contributed by atoms with E-state index in [1.165, 1.54) is 16.9 Å². The van der Waals surface area contributed by atoms with Crippen LogP contribution in [0, 0.1) is 0 Å². The lowest BCUT2D eigenvalue weighted by Gasteiger charge is -2.39.